The largest absolute Gasteiger partial charge is 0.330 e. The van der Waals surface area contributed by atoms with Crippen molar-refractivity contribution in [3.63, 3.8) is 0 Å². The SMILES string of the molecule is NCCC(N)(Cc1ccncc1)Cc1ccncc1. The predicted molar refractivity (Wildman–Crippen MR) is 76.5 cm³/mol. The van der Waals surface area contributed by atoms with Gasteiger partial charge in [-0.3, -0.25) is 9.97 Å². The molecule has 0 saturated carbocycles. The zero-order valence-electron chi connectivity index (χ0n) is 11.0. The van der Waals surface area contributed by atoms with Crippen molar-refractivity contribution < 1.29 is 0 Å². The smallest absolute Gasteiger partial charge is 0.0270 e. The molecule has 0 aliphatic rings. The molecule has 0 aliphatic carbocycles. The Morgan fingerprint density at radius 3 is 1.63 bits per heavy atom. The average molecular weight is 256 g/mol. The van der Waals surface area contributed by atoms with E-state index in [1.165, 1.54) is 11.1 Å². The Hall–Kier alpha value is -1.78. The lowest BCUT2D eigenvalue weighted by Crippen LogP contribution is -2.46. The molecule has 100 valence electrons. The van der Waals surface area contributed by atoms with Crippen molar-refractivity contribution in [2.24, 2.45) is 11.5 Å². The molecular weight excluding hydrogens is 236 g/mol. The minimum atomic E-state index is -0.322. The molecule has 0 bridgehead atoms. The zero-order valence-corrected chi connectivity index (χ0v) is 11.0. The molecule has 0 amide bonds. The number of pyridine rings is 2. The van der Waals surface area contributed by atoms with E-state index >= 15 is 0 Å². The van der Waals surface area contributed by atoms with Crippen LogP contribution in [0.3, 0.4) is 0 Å². The number of hydrogen-bond donors (Lipinski definition) is 2. The third-order valence-corrected chi connectivity index (χ3v) is 3.25. The molecule has 19 heavy (non-hydrogen) atoms. The third-order valence-electron chi connectivity index (χ3n) is 3.25. The van der Waals surface area contributed by atoms with E-state index in [-0.39, 0.29) is 5.54 Å². The van der Waals surface area contributed by atoms with Gasteiger partial charge in [0.05, 0.1) is 0 Å². The number of nitrogens with two attached hydrogens (primary N) is 2. The monoisotopic (exact) mass is 256 g/mol. The minimum absolute atomic E-state index is 0.322. The number of aromatic nitrogens is 2. The third kappa shape index (κ3) is 4.12. The molecule has 2 heterocycles. The van der Waals surface area contributed by atoms with Gasteiger partial charge in [-0.25, -0.2) is 0 Å². The second-order valence-electron chi connectivity index (χ2n) is 4.97. The van der Waals surface area contributed by atoms with E-state index in [0.29, 0.717) is 6.54 Å². The summed E-state index contributed by atoms with van der Waals surface area (Å²) >= 11 is 0. The van der Waals surface area contributed by atoms with Crippen molar-refractivity contribution in [1.29, 1.82) is 0 Å². The Morgan fingerprint density at radius 1 is 0.842 bits per heavy atom. The highest BCUT2D eigenvalue weighted by Gasteiger charge is 2.25. The van der Waals surface area contributed by atoms with Crippen LogP contribution in [0, 0.1) is 0 Å². The molecule has 0 saturated heterocycles. The summed E-state index contributed by atoms with van der Waals surface area (Å²) in [5, 5.41) is 0. The zero-order chi connectivity index (χ0) is 13.6. The van der Waals surface area contributed by atoms with Crippen LogP contribution in [-0.4, -0.2) is 22.1 Å². The van der Waals surface area contributed by atoms with Gasteiger partial charge in [0.2, 0.25) is 0 Å². The standard InChI is InChI=1S/C15H20N4/c16-6-5-15(17,11-13-1-7-18-8-2-13)12-14-3-9-19-10-4-14/h1-4,7-10H,5-6,11-12,16-17H2. The van der Waals surface area contributed by atoms with Crippen molar-refractivity contribution in [3.8, 4) is 0 Å². The quantitative estimate of drug-likeness (QED) is 0.817. The van der Waals surface area contributed by atoms with Gasteiger partial charge in [0.25, 0.3) is 0 Å². The number of nitrogens with zero attached hydrogens (tertiary/aromatic N) is 2. The fraction of sp³-hybridized carbons (Fsp3) is 0.333. The van der Waals surface area contributed by atoms with Gasteiger partial charge in [-0.15, -0.1) is 0 Å². The van der Waals surface area contributed by atoms with E-state index in [9.17, 15) is 0 Å². The predicted octanol–water partition coefficient (Wildman–Crippen LogP) is 1.31. The van der Waals surface area contributed by atoms with E-state index in [2.05, 4.69) is 9.97 Å². The lowest BCUT2D eigenvalue weighted by Gasteiger charge is -2.29. The highest BCUT2D eigenvalue weighted by atomic mass is 14.8. The lowest BCUT2D eigenvalue weighted by atomic mass is 9.83. The first kappa shape index (κ1) is 13.6. The number of hydrogen-bond acceptors (Lipinski definition) is 4. The van der Waals surface area contributed by atoms with E-state index in [4.69, 9.17) is 11.5 Å². The highest BCUT2D eigenvalue weighted by molar-refractivity contribution is 5.19. The first-order valence-corrected chi connectivity index (χ1v) is 6.49. The van der Waals surface area contributed by atoms with E-state index < -0.39 is 0 Å². The molecule has 0 fully saturated rings. The summed E-state index contributed by atoms with van der Waals surface area (Å²) in [6.45, 7) is 0.590. The van der Waals surface area contributed by atoms with Crippen LogP contribution in [0.2, 0.25) is 0 Å². The van der Waals surface area contributed by atoms with Gasteiger partial charge in [-0.2, -0.15) is 0 Å². The van der Waals surface area contributed by atoms with E-state index in [1.54, 1.807) is 24.8 Å². The Labute approximate surface area is 113 Å². The normalized spacial score (nSPS) is 11.5. The summed E-state index contributed by atoms with van der Waals surface area (Å²) < 4.78 is 0. The Morgan fingerprint density at radius 2 is 1.26 bits per heavy atom. The molecule has 2 rings (SSSR count). The van der Waals surface area contributed by atoms with Crippen LogP contribution in [0.4, 0.5) is 0 Å². The van der Waals surface area contributed by atoms with Gasteiger partial charge in [0.1, 0.15) is 0 Å². The lowest BCUT2D eigenvalue weighted by molar-refractivity contribution is 0.393. The average Bonchev–Trinajstić information content (AvgIpc) is 2.41. The summed E-state index contributed by atoms with van der Waals surface area (Å²) in [6, 6.07) is 8.02. The van der Waals surface area contributed by atoms with Crippen molar-refractivity contribution in [2.45, 2.75) is 24.8 Å². The summed E-state index contributed by atoms with van der Waals surface area (Å²) in [5.74, 6) is 0. The van der Waals surface area contributed by atoms with Crippen LogP contribution in [0.1, 0.15) is 17.5 Å². The van der Waals surface area contributed by atoms with Gasteiger partial charge < -0.3 is 11.5 Å². The minimum Gasteiger partial charge on any atom is -0.330 e. The Kier molecular flexibility index (Phi) is 4.60. The molecule has 0 aromatic carbocycles. The molecule has 0 radical (unpaired) electrons. The maximum absolute atomic E-state index is 6.55. The highest BCUT2D eigenvalue weighted by Crippen LogP contribution is 2.19. The van der Waals surface area contributed by atoms with Crippen molar-refractivity contribution in [2.75, 3.05) is 6.54 Å². The number of rotatable bonds is 6. The van der Waals surface area contributed by atoms with Crippen molar-refractivity contribution in [3.05, 3.63) is 60.2 Å². The van der Waals surface area contributed by atoms with Crippen LogP contribution in [0.15, 0.2) is 49.1 Å². The van der Waals surface area contributed by atoms with Gasteiger partial charge in [0.15, 0.2) is 0 Å². The maximum atomic E-state index is 6.55. The van der Waals surface area contributed by atoms with E-state index in [0.717, 1.165) is 19.3 Å². The Balaban J connectivity index is 2.13. The van der Waals surface area contributed by atoms with Crippen molar-refractivity contribution >= 4 is 0 Å². The van der Waals surface area contributed by atoms with Crippen molar-refractivity contribution in [1.82, 2.24) is 9.97 Å². The first-order valence-electron chi connectivity index (χ1n) is 6.49. The fourth-order valence-corrected chi connectivity index (χ4v) is 2.34. The molecule has 4 heteroatoms. The van der Waals surface area contributed by atoms with Gasteiger partial charge in [-0.05, 0) is 61.2 Å². The molecular formula is C15H20N4. The van der Waals surface area contributed by atoms with Gasteiger partial charge >= 0.3 is 0 Å². The molecule has 0 spiro atoms. The first-order chi connectivity index (χ1) is 9.22. The molecule has 2 aromatic rings. The summed E-state index contributed by atoms with van der Waals surface area (Å²) in [6.07, 6.45) is 9.58. The second-order valence-corrected chi connectivity index (χ2v) is 4.97. The summed E-state index contributed by atoms with van der Waals surface area (Å²) in [4.78, 5) is 8.06. The van der Waals surface area contributed by atoms with Crippen LogP contribution in [0.5, 0.6) is 0 Å². The topological polar surface area (TPSA) is 77.8 Å². The molecule has 0 atom stereocenters. The molecule has 4 nitrogen and oxygen atoms in total. The fourth-order valence-electron chi connectivity index (χ4n) is 2.34. The maximum Gasteiger partial charge on any atom is 0.0270 e. The summed E-state index contributed by atoms with van der Waals surface area (Å²) in [5.41, 5.74) is 14.3. The van der Waals surface area contributed by atoms with Gasteiger partial charge in [-0.1, -0.05) is 0 Å². The van der Waals surface area contributed by atoms with Crippen LogP contribution in [0.25, 0.3) is 0 Å². The van der Waals surface area contributed by atoms with Crippen LogP contribution < -0.4 is 11.5 Å². The molecule has 4 N–H and O–H groups in total. The van der Waals surface area contributed by atoms with Crippen LogP contribution in [-0.2, 0) is 12.8 Å². The van der Waals surface area contributed by atoms with Crippen LogP contribution >= 0.6 is 0 Å². The summed E-state index contributed by atoms with van der Waals surface area (Å²) in [7, 11) is 0. The van der Waals surface area contributed by atoms with E-state index in [1.807, 2.05) is 24.3 Å². The second kappa shape index (κ2) is 6.41. The Bertz CT molecular complexity index is 443. The van der Waals surface area contributed by atoms with Gasteiger partial charge in [0, 0.05) is 30.3 Å². The molecule has 2 aromatic heterocycles. The molecule has 0 unspecified atom stereocenters. The molecule has 0 aliphatic heterocycles.